The minimum Gasteiger partial charge on any atom is -0.497 e. The van der Waals surface area contributed by atoms with Crippen LogP contribution in [0.1, 0.15) is 12.0 Å². The van der Waals surface area contributed by atoms with Crippen LogP contribution in [0.4, 0.5) is 0 Å². The lowest BCUT2D eigenvalue weighted by atomic mass is 10.2. The lowest BCUT2D eigenvalue weighted by molar-refractivity contribution is -0.131. The number of aliphatic hydroxyl groups excluding tert-OH is 1. The van der Waals surface area contributed by atoms with E-state index in [1.807, 2.05) is 24.3 Å². The molecule has 1 rings (SSSR count). The number of carbonyl (C=O) groups is 2. The third-order valence-corrected chi connectivity index (χ3v) is 2.93. The zero-order chi connectivity index (χ0) is 16.4. The van der Waals surface area contributed by atoms with Crippen molar-refractivity contribution in [3.05, 3.63) is 35.9 Å². The quantitative estimate of drug-likeness (QED) is 0.546. The summed E-state index contributed by atoms with van der Waals surface area (Å²) in [5, 5.41) is 11.3. The van der Waals surface area contributed by atoms with E-state index in [4.69, 9.17) is 9.84 Å². The third kappa shape index (κ3) is 6.41. The minimum atomic E-state index is -0.264. The number of benzene rings is 1. The zero-order valence-corrected chi connectivity index (χ0v) is 12.9. The Kier molecular flexibility index (Phi) is 7.70. The molecule has 1 aromatic carbocycles. The molecule has 2 N–H and O–H groups in total. The summed E-state index contributed by atoms with van der Waals surface area (Å²) >= 11 is 0. The molecule has 6 heteroatoms. The van der Waals surface area contributed by atoms with Gasteiger partial charge in [-0.3, -0.25) is 9.59 Å². The predicted molar refractivity (Wildman–Crippen MR) is 84.4 cm³/mol. The van der Waals surface area contributed by atoms with Crippen LogP contribution in [-0.2, 0) is 9.59 Å². The van der Waals surface area contributed by atoms with Crippen molar-refractivity contribution in [3.8, 4) is 5.75 Å². The Morgan fingerprint density at radius 1 is 1.41 bits per heavy atom. The summed E-state index contributed by atoms with van der Waals surface area (Å²) in [7, 11) is 3.14. The number of nitrogens with zero attached hydrogens (tertiary/aromatic N) is 1. The van der Waals surface area contributed by atoms with Crippen LogP contribution in [0.2, 0.25) is 0 Å². The average molecular weight is 306 g/mol. The molecule has 0 saturated carbocycles. The number of rotatable bonds is 8. The van der Waals surface area contributed by atoms with Gasteiger partial charge in [0.25, 0.3) is 0 Å². The van der Waals surface area contributed by atoms with Crippen LogP contribution in [-0.4, -0.2) is 55.7 Å². The second-order valence-electron chi connectivity index (χ2n) is 4.73. The first-order chi connectivity index (χ1) is 10.6. The fourth-order valence-electron chi connectivity index (χ4n) is 1.70. The van der Waals surface area contributed by atoms with Gasteiger partial charge in [0.05, 0.1) is 13.7 Å². The van der Waals surface area contributed by atoms with Gasteiger partial charge in [-0.25, -0.2) is 0 Å². The van der Waals surface area contributed by atoms with Gasteiger partial charge in [-0.1, -0.05) is 12.1 Å². The average Bonchev–Trinajstić information content (AvgIpc) is 2.52. The van der Waals surface area contributed by atoms with E-state index in [2.05, 4.69) is 5.32 Å². The molecular weight excluding hydrogens is 284 g/mol. The highest BCUT2D eigenvalue weighted by Crippen LogP contribution is 2.13. The normalized spacial score (nSPS) is 10.5. The summed E-state index contributed by atoms with van der Waals surface area (Å²) in [6.07, 6.45) is 3.58. The monoisotopic (exact) mass is 306 g/mol. The van der Waals surface area contributed by atoms with Crippen molar-refractivity contribution in [1.82, 2.24) is 10.2 Å². The summed E-state index contributed by atoms with van der Waals surface area (Å²) in [6, 6.07) is 7.32. The molecule has 0 spiro atoms. The van der Waals surface area contributed by atoms with Crippen molar-refractivity contribution < 1.29 is 19.4 Å². The number of hydrogen-bond acceptors (Lipinski definition) is 4. The lowest BCUT2D eigenvalue weighted by Gasteiger charge is -2.14. The van der Waals surface area contributed by atoms with Gasteiger partial charge >= 0.3 is 0 Å². The largest absolute Gasteiger partial charge is 0.497 e. The van der Waals surface area contributed by atoms with Crippen LogP contribution in [0.3, 0.4) is 0 Å². The van der Waals surface area contributed by atoms with Gasteiger partial charge < -0.3 is 20.1 Å². The fourth-order valence-corrected chi connectivity index (χ4v) is 1.70. The Labute approximate surface area is 130 Å². The van der Waals surface area contributed by atoms with E-state index >= 15 is 0 Å². The molecule has 0 fully saturated rings. The SMILES string of the molecule is COc1cccc(/C=C/C(=O)N(C)CC(=O)NCCCO)c1. The second-order valence-corrected chi connectivity index (χ2v) is 4.73. The summed E-state index contributed by atoms with van der Waals surface area (Å²) in [4.78, 5) is 24.8. The van der Waals surface area contributed by atoms with E-state index in [1.54, 1.807) is 20.2 Å². The summed E-state index contributed by atoms with van der Waals surface area (Å²) in [6.45, 7) is 0.405. The topological polar surface area (TPSA) is 78.9 Å². The Balaban J connectivity index is 2.49. The molecule has 120 valence electrons. The highest BCUT2D eigenvalue weighted by atomic mass is 16.5. The minimum absolute atomic E-state index is 0.0211. The Morgan fingerprint density at radius 3 is 2.86 bits per heavy atom. The molecule has 0 aliphatic rings. The first kappa shape index (κ1) is 17.7. The van der Waals surface area contributed by atoms with E-state index in [-0.39, 0.29) is 25.0 Å². The van der Waals surface area contributed by atoms with E-state index in [0.29, 0.717) is 18.7 Å². The molecule has 0 radical (unpaired) electrons. The highest BCUT2D eigenvalue weighted by molar-refractivity contribution is 5.94. The third-order valence-electron chi connectivity index (χ3n) is 2.93. The number of carbonyl (C=O) groups excluding carboxylic acids is 2. The number of aliphatic hydroxyl groups is 1. The maximum absolute atomic E-state index is 11.9. The van der Waals surface area contributed by atoms with E-state index in [1.165, 1.54) is 11.0 Å². The first-order valence-corrected chi connectivity index (χ1v) is 7.01. The van der Waals surface area contributed by atoms with Gasteiger partial charge in [0, 0.05) is 26.3 Å². The standard InChI is InChI=1S/C16H22N2O4/c1-18(12-15(20)17-9-4-10-19)16(21)8-7-13-5-3-6-14(11-13)22-2/h3,5-8,11,19H,4,9-10,12H2,1-2H3,(H,17,20)/b8-7+. The van der Waals surface area contributed by atoms with Gasteiger partial charge in [-0.2, -0.15) is 0 Å². The Morgan fingerprint density at radius 2 is 2.18 bits per heavy atom. The van der Waals surface area contributed by atoms with Crippen LogP contribution in [0.15, 0.2) is 30.3 Å². The Bertz CT molecular complexity index is 529. The highest BCUT2D eigenvalue weighted by Gasteiger charge is 2.09. The molecule has 2 amide bonds. The van der Waals surface area contributed by atoms with Crippen molar-refractivity contribution in [2.75, 3.05) is 33.9 Å². The van der Waals surface area contributed by atoms with Crippen LogP contribution in [0.5, 0.6) is 5.75 Å². The molecule has 0 saturated heterocycles. The first-order valence-electron chi connectivity index (χ1n) is 7.01. The van der Waals surface area contributed by atoms with E-state index < -0.39 is 0 Å². The number of likely N-dealkylation sites (N-methyl/N-ethyl adjacent to an activating group) is 1. The van der Waals surface area contributed by atoms with Gasteiger partial charge in [0.1, 0.15) is 5.75 Å². The second kappa shape index (κ2) is 9.57. The summed E-state index contributed by atoms with van der Waals surface area (Å²) in [5.74, 6) is 0.199. The van der Waals surface area contributed by atoms with Gasteiger partial charge in [0.15, 0.2) is 0 Å². The van der Waals surface area contributed by atoms with E-state index in [0.717, 1.165) is 5.56 Å². The van der Waals surface area contributed by atoms with Crippen molar-refractivity contribution in [3.63, 3.8) is 0 Å². The number of methoxy groups -OCH3 is 1. The maximum atomic E-state index is 11.9. The summed E-state index contributed by atoms with van der Waals surface area (Å²) < 4.78 is 5.11. The maximum Gasteiger partial charge on any atom is 0.246 e. The van der Waals surface area contributed by atoms with Crippen LogP contribution in [0, 0.1) is 0 Å². The molecule has 22 heavy (non-hydrogen) atoms. The van der Waals surface area contributed by atoms with Crippen LogP contribution < -0.4 is 10.1 Å². The molecule has 0 aliphatic carbocycles. The van der Waals surface area contributed by atoms with Crippen molar-refractivity contribution >= 4 is 17.9 Å². The Hall–Kier alpha value is -2.34. The van der Waals surface area contributed by atoms with Crippen LogP contribution >= 0.6 is 0 Å². The number of ether oxygens (including phenoxy) is 1. The molecule has 1 aromatic rings. The predicted octanol–water partition coefficient (Wildman–Crippen LogP) is 0.665. The number of nitrogens with one attached hydrogen (secondary N) is 1. The molecular formula is C16H22N2O4. The molecule has 0 unspecified atom stereocenters. The van der Waals surface area contributed by atoms with Crippen molar-refractivity contribution in [2.24, 2.45) is 0 Å². The van der Waals surface area contributed by atoms with Crippen LogP contribution in [0.25, 0.3) is 6.08 Å². The lowest BCUT2D eigenvalue weighted by Crippen LogP contribution is -2.38. The molecule has 0 aromatic heterocycles. The fraction of sp³-hybridized carbons (Fsp3) is 0.375. The van der Waals surface area contributed by atoms with Gasteiger partial charge in [-0.05, 0) is 30.2 Å². The molecule has 0 heterocycles. The molecule has 6 nitrogen and oxygen atoms in total. The van der Waals surface area contributed by atoms with Gasteiger partial charge in [-0.15, -0.1) is 0 Å². The number of hydrogen-bond donors (Lipinski definition) is 2. The molecule has 0 aliphatic heterocycles. The number of amides is 2. The van der Waals surface area contributed by atoms with Gasteiger partial charge in [0.2, 0.25) is 11.8 Å². The zero-order valence-electron chi connectivity index (χ0n) is 12.9. The van der Waals surface area contributed by atoms with Crippen molar-refractivity contribution in [2.45, 2.75) is 6.42 Å². The molecule has 0 atom stereocenters. The van der Waals surface area contributed by atoms with Crippen molar-refractivity contribution in [1.29, 1.82) is 0 Å². The molecule has 0 bridgehead atoms. The smallest absolute Gasteiger partial charge is 0.246 e. The summed E-state index contributed by atoms with van der Waals surface area (Å²) in [5.41, 5.74) is 0.841. The van der Waals surface area contributed by atoms with E-state index in [9.17, 15) is 9.59 Å².